The number of anilines is 1. The van der Waals surface area contributed by atoms with Gasteiger partial charge in [-0.2, -0.15) is 5.10 Å². The lowest BCUT2D eigenvalue weighted by Crippen LogP contribution is -2.50. The van der Waals surface area contributed by atoms with Gasteiger partial charge in [0.05, 0.1) is 11.3 Å². The summed E-state index contributed by atoms with van der Waals surface area (Å²) < 4.78 is 0. The normalized spacial score (nSPS) is 13.6. The number of hydrogen-bond donors (Lipinski definition) is 3. The van der Waals surface area contributed by atoms with Crippen LogP contribution in [-0.2, 0) is 29.0 Å². The van der Waals surface area contributed by atoms with Crippen LogP contribution in [0.15, 0.2) is 83.0 Å². The summed E-state index contributed by atoms with van der Waals surface area (Å²) in [4.78, 5) is 40.1. The molecule has 4 N–H and O–H groups in total. The second-order valence-corrected chi connectivity index (χ2v) is 9.76. The average molecular weight is 573 g/mol. The Bertz CT molecular complexity index is 1510. The predicted octanol–water partition coefficient (Wildman–Crippen LogP) is 3.69. The Morgan fingerprint density at radius 1 is 1.15 bits per heavy atom. The molecule has 0 aromatic heterocycles. The van der Waals surface area contributed by atoms with Crippen molar-refractivity contribution in [2.75, 3.05) is 11.6 Å². The number of hydrazine groups is 1. The van der Waals surface area contributed by atoms with Gasteiger partial charge in [0.15, 0.2) is 0 Å². The Hall–Kier alpha value is -4.80. The monoisotopic (exact) mass is 572 g/mol. The van der Waals surface area contributed by atoms with E-state index in [0.29, 0.717) is 29.2 Å². The van der Waals surface area contributed by atoms with Crippen LogP contribution in [0.5, 0.6) is 0 Å². The summed E-state index contributed by atoms with van der Waals surface area (Å²) in [5.74, 6) is 4.29. The Kier molecular flexibility index (Phi) is 9.62. The van der Waals surface area contributed by atoms with Crippen molar-refractivity contribution in [2.24, 2.45) is 16.0 Å². The predicted molar refractivity (Wildman–Crippen MR) is 160 cm³/mol. The average Bonchev–Trinajstić information content (AvgIpc) is 2.98. The molecular formula is C30H29ClN6O4. The van der Waals surface area contributed by atoms with Crippen LogP contribution in [0.1, 0.15) is 32.6 Å². The molecule has 0 spiro atoms. The summed E-state index contributed by atoms with van der Waals surface area (Å²) in [5.41, 5.74) is 3.69. The first-order chi connectivity index (χ1) is 19.8. The number of fused-ring (bicyclic) bond motifs is 1. The molecule has 1 atom stereocenters. The van der Waals surface area contributed by atoms with Gasteiger partial charge in [-0.3, -0.25) is 14.6 Å². The van der Waals surface area contributed by atoms with E-state index in [4.69, 9.17) is 17.4 Å². The molecule has 3 aromatic rings. The van der Waals surface area contributed by atoms with E-state index in [1.165, 1.54) is 17.4 Å². The van der Waals surface area contributed by atoms with Crippen molar-refractivity contribution in [3.63, 3.8) is 0 Å². The third kappa shape index (κ3) is 7.44. The van der Waals surface area contributed by atoms with Gasteiger partial charge in [-0.05, 0) is 53.5 Å². The molecule has 1 aliphatic rings. The fourth-order valence-corrected chi connectivity index (χ4v) is 4.88. The molecule has 1 heterocycles. The van der Waals surface area contributed by atoms with Crippen LogP contribution in [0.2, 0.25) is 5.02 Å². The molecule has 0 fully saturated rings. The second kappa shape index (κ2) is 13.5. The lowest BCUT2D eigenvalue weighted by atomic mass is 9.93. The topological polar surface area (TPSA) is 141 Å². The number of carboxylic acid groups (broad SMARTS) is 1. The van der Waals surface area contributed by atoms with Crippen LogP contribution < -0.4 is 16.2 Å². The van der Waals surface area contributed by atoms with Crippen molar-refractivity contribution in [3.05, 3.63) is 106 Å². The molecule has 0 aliphatic carbocycles. The highest BCUT2D eigenvalue weighted by atomic mass is 35.5. The largest absolute Gasteiger partial charge is 0.478 e. The van der Waals surface area contributed by atoms with E-state index < -0.39 is 17.9 Å². The molecule has 11 heteroatoms. The summed E-state index contributed by atoms with van der Waals surface area (Å²) in [6, 6.07) is 18.6. The lowest BCUT2D eigenvalue weighted by Gasteiger charge is -2.32. The van der Waals surface area contributed by atoms with Crippen molar-refractivity contribution in [2.45, 2.75) is 25.4 Å². The highest BCUT2D eigenvalue weighted by Gasteiger charge is 2.30. The minimum absolute atomic E-state index is 0.248. The SMILES string of the molecule is C=N/N=C\N(N)c1ccc(Cl)cc1/C=C/C(=O)N[C@@H](Cc1ccccc1)C(=O)N1CCc2c(cccc2C(=O)O)C1. The van der Waals surface area contributed by atoms with Crippen LogP contribution >= 0.6 is 11.6 Å². The second-order valence-electron chi connectivity index (χ2n) is 9.33. The minimum Gasteiger partial charge on any atom is -0.478 e. The Morgan fingerprint density at radius 3 is 2.66 bits per heavy atom. The highest BCUT2D eigenvalue weighted by molar-refractivity contribution is 6.30. The first-order valence-corrected chi connectivity index (χ1v) is 13.1. The van der Waals surface area contributed by atoms with Crippen molar-refractivity contribution >= 4 is 54.2 Å². The number of carbonyl (C=O) groups excluding carboxylic acids is 2. The molecule has 2 amide bonds. The molecule has 0 bridgehead atoms. The zero-order valence-corrected chi connectivity index (χ0v) is 22.9. The van der Waals surface area contributed by atoms with E-state index >= 15 is 0 Å². The van der Waals surface area contributed by atoms with E-state index in [1.54, 1.807) is 41.3 Å². The molecule has 1 aliphatic heterocycles. The molecule has 0 radical (unpaired) electrons. The Morgan fingerprint density at radius 2 is 1.93 bits per heavy atom. The number of nitrogens with zero attached hydrogens (tertiary/aromatic N) is 4. The number of rotatable bonds is 10. The highest BCUT2D eigenvalue weighted by Crippen LogP contribution is 2.25. The van der Waals surface area contributed by atoms with E-state index in [0.717, 1.165) is 16.7 Å². The zero-order chi connectivity index (χ0) is 29.4. The molecule has 210 valence electrons. The zero-order valence-electron chi connectivity index (χ0n) is 22.1. The first-order valence-electron chi connectivity index (χ1n) is 12.7. The van der Waals surface area contributed by atoms with Gasteiger partial charge in [-0.1, -0.05) is 54.1 Å². The fraction of sp³-hybridized carbons (Fsp3) is 0.167. The van der Waals surface area contributed by atoms with Gasteiger partial charge in [0.2, 0.25) is 11.8 Å². The Balaban J connectivity index is 1.55. The fourth-order valence-electron chi connectivity index (χ4n) is 4.70. The molecule has 0 unspecified atom stereocenters. The van der Waals surface area contributed by atoms with Crippen molar-refractivity contribution in [1.82, 2.24) is 10.2 Å². The summed E-state index contributed by atoms with van der Waals surface area (Å²) in [7, 11) is 0. The standard InChI is InChI=1S/C30H29ClN6O4/c1-33-34-19-37(32)27-12-11-23(31)17-21(27)10-13-28(38)35-26(16-20-6-3-2-4-7-20)29(39)36-15-14-24-22(18-36)8-5-9-25(24)30(40)41/h2-13,17,19,26H,1,14-16,18,32H2,(H,35,38)(H,40,41)/b13-10+,34-19-/t26-/m0/s1. The maximum atomic E-state index is 13.7. The number of halogens is 1. The van der Waals surface area contributed by atoms with Crippen LogP contribution in [0.3, 0.4) is 0 Å². The summed E-state index contributed by atoms with van der Waals surface area (Å²) in [5, 5.41) is 21.1. The van der Waals surface area contributed by atoms with Gasteiger partial charge in [0.1, 0.15) is 12.4 Å². The number of carboxylic acids is 1. The van der Waals surface area contributed by atoms with Crippen LogP contribution in [-0.4, -0.2) is 53.4 Å². The molecule has 0 saturated carbocycles. The van der Waals surface area contributed by atoms with Gasteiger partial charge < -0.3 is 15.3 Å². The van der Waals surface area contributed by atoms with E-state index in [2.05, 4.69) is 22.2 Å². The van der Waals surface area contributed by atoms with Crippen molar-refractivity contribution in [1.29, 1.82) is 0 Å². The Labute approximate surface area is 242 Å². The van der Waals surface area contributed by atoms with E-state index in [-0.39, 0.29) is 24.4 Å². The van der Waals surface area contributed by atoms with Crippen LogP contribution in [0.25, 0.3) is 6.08 Å². The number of carbonyl (C=O) groups is 3. The molecule has 4 rings (SSSR count). The number of amides is 2. The minimum atomic E-state index is -0.993. The van der Waals surface area contributed by atoms with Crippen molar-refractivity contribution < 1.29 is 19.5 Å². The molecular weight excluding hydrogens is 544 g/mol. The summed E-state index contributed by atoms with van der Waals surface area (Å²) >= 11 is 6.17. The van der Waals surface area contributed by atoms with Crippen LogP contribution in [0, 0.1) is 0 Å². The van der Waals surface area contributed by atoms with Gasteiger partial charge in [0, 0.05) is 42.9 Å². The number of hydrogen-bond acceptors (Lipinski definition) is 6. The lowest BCUT2D eigenvalue weighted by molar-refractivity contribution is -0.136. The molecule has 0 saturated heterocycles. The van der Waals surface area contributed by atoms with Crippen LogP contribution in [0.4, 0.5) is 5.69 Å². The molecule has 41 heavy (non-hydrogen) atoms. The van der Waals surface area contributed by atoms with Gasteiger partial charge >= 0.3 is 5.97 Å². The quantitative estimate of drug-likeness (QED) is 0.111. The smallest absolute Gasteiger partial charge is 0.335 e. The number of nitrogens with two attached hydrogens (primary N) is 1. The number of aromatic carboxylic acids is 1. The third-order valence-corrected chi connectivity index (χ3v) is 6.88. The summed E-state index contributed by atoms with van der Waals surface area (Å²) in [6.07, 6.45) is 4.80. The molecule has 3 aromatic carbocycles. The third-order valence-electron chi connectivity index (χ3n) is 6.64. The number of nitrogens with one attached hydrogen (secondary N) is 1. The maximum Gasteiger partial charge on any atom is 0.335 e. The van der Waals surface area contributed by atoms with E-state index in [1.807, 2.05) is 36.4 Å². The maximum absolute atomic E-state index is 13.7. The van der Waals surface area contributed by atoms with E-state index in [9.17, 15) is 19.5 Å². The molecule has 10 nitrogen and oxygen atoms in total. The van der Waals surface area contributed by atoms with Gasteiger partial charge in [0.25, 0.3) is 0 Å². The van der Waals surface area contributed by atoms with Gasteiger partial charge in [-0.25, -0.2) is 10.6 Å². The number of benzene rings is 3. The summed E-state index contributed by atoms with van der Waals surface area (Å²) in [6.45, 7) is 3.87. The van der Waals surface area contributed by atoms with Crippen molar-refractivity contribution in [3.8, 4) is 0 Å². The van der Waals surface area contributed by atoms with Gasteiger partial charge in [-0.15, -0.1) is 5.10 Å². The first kappa shape index (κ1) is 29.2.